The molecule has 20 heavy (non-hydrogen) atoms. The second kappa shape index (κ2) is 4.83. The average Bonchev–Trinajstić information content (AvgIpc) is 2.80. The molecule has 0 amide bonds. The van der Waals surface area contributed by atoms with Crippen LogP contribution in [0.1, 0.15) is 11.1 Å². The van der Waals surface area contributed by atoms with E-state index in [9.17, 15) is 8.42 Å². The van der Waals surface area contributed by atoms with Crippen molar-refractivity contribution in [3.63, 3.8) is 0 Å². The van der Waals surface area contributed by atoms with Gasteiger partial charge in [0.1, 0.15) is 10.7 Å². The van der Waals surface area contributed by atoms with E-state index in [0.717, 1.165) is 10.0 Å². The van der Waals surface area contributed by atoms with Crippen LogP contribution in [0.4, 0.5) is 5.82 Å². The van der Waals surface area contributed by atoms with Crippen molar-refractivity contribution in [1.29, 1.82) is 0 Å². The summed E-state index contributed by atoms with van der Waals surface area (Å²) in [6, 6.07) is 9.09. The number of nitrogens with two attached hydrogens (primary N) is 1. The maximum Gasteiger partial charge on any atom is 0.241 e. The van der Waals surface area contributed by atoms with Gasteiger partial charge in [0.2, 0.25) is 10.0 Å². The van der Waals surface area contributed by atoms with Crippen LogP contribution in [0.25, 0.3) is 0 Å². The third-order valence-electron chi connectivity index (χ3n) is 3.25. The Labute approximate surface area is 125 Å². The molecule has 2 aromatic rings. The second-order valence-corrected chi connectivity index (χ2v) is 7.08. The Morgan fingerprint density at radius 2 is 1.95 bits per heavy atom. The summed E-state index contributed by atoms with van der Waals surface area (Å²) < 4.78 is 24.3. The van der Waals surface area contributed by atoms with E-state index in [1.807, 2.05) is 23.1 Å². The van der Waals surface area contributed by atoms with Gasteiger partial charge in [0, 0.05) is 23.8 Å². The van der Waals surface area contributed by atoms with Crippen molar-refractivity contribution in [2.45, 2.75) is 18.0 Å². The fraction of sp³-hybridized carbons (Fsp3) is 0.154. The van der Waals surface area contributed by atoms with Gasteiger partial charge in [-0.25, -0.2) is 18.5 Å². The number of hydrogen-bond donors (Lipinski definition) is 1. The average molecular weight is 354 g/mol. The van der Waals surface area contributed by atoms with Crippen LogP contribution in [0.5, 0.6) is 0 Å². The molecular formula is C13H12BrN3O2S. The first-order valence-corrected chi connectivity index (χ1v) is 8.29. The molecule has 0 radical (unpaired) electrons. The van der Waals surface area contributed by atoms with Gasteiger partial charge in [-0.15, -0.1) is 0 Å². The Balaban J connectivity index is 2.02. The smallest absolute Gasteiger partial charge is 0.241 e. The highest BCUT2D eigenvalue weighted by molar-refractivity contribution is 9.10. The monoisotopic (exact) mass is 353 g/mol. The zero-order valence-corrected chi connectivity index (χ0v) is 12.9. The molecule has 0 aliphatic carbocycles. The third kappa shape index (κ3) is 2.44. The van der Waals surface area contributed by atoms with Crippen LogP contribution in [0.2, 0.25) is 0 Å². The lowest BCUT2D eigenvalue weighted by atomic mass is 10.1. The number of primary sulfonamides is 1. The number of nitrogens with zero attached hydrogens (tertiary/aromatic N) is 2. The molecule has 0 saturated heterocycles. The molecule has 5 nitrogen and oxygen atoms in total. The lowest BCUT2D eigenvalue weighted by Gasteiger charge is -2.18. The quantitative estimate of drug-likeness (QED) is 0.895. The number of sulfonamides is 1. The van der Waals surface area contributed by atoms with Gasteiger partial charge in [-0.2, -0.15) is 0 Å². The van der Waals surface area contributed by atoms with Crippen LogP contribution in [-0.2, 0) is 23.1 Å². The molecule has 0 atom stereocenters. The predicted molar refractivity (Wildman–Crippen MR) is 79.6 cm³/mol. The molecule has 2 N–H and O–H groups in total. The fourth-order valence-corrected chi connectivity index (χ4v) is 3.47. The summed E-state index contributed by atoms with van der Waals surface area (Å²) in [5.41, 5.74) is 2.32. The summed E-state index contributed by atoms with van der Waals surface area (Å²) in [7, 11) is -3.78. The number of anilines is 1. The van der Waals surface area contributed by atoms with Crippen LogP contribution < -0.4 is 10.0 Å². The minimum Gasteiger partial charge on any atom is -0.347 e. The van der Waals surface area contributed by atoms with Gasteiger partial charge in [-0.1, -0.05) is 22.0 Å². The highest BCUT2D eigenvalue weighted by Gasteiger charge is 2.25. The summed E-state index contributed by atoms with van der Waals surface area (Å²) >= 11 is 3.44. The van der Waals surface area contributed by atoms with Crippen LogP contribution >= 0.6 is 15.9 Å². The molecule has 0 spiro atoms. The highest BCUT2D eigenvalue weighted by Crippen LogP contribution is 2.31. The van der Waals surface area contributed by atoms with Gasteiger partial charge >= 0.3 is 0 Å². The van der Waals surface area contributed by atoms with Crippen molar-refractivity contribution < 1.29 is 8.42 Å². The molecule has 1 aromatic heterocycles. The molecule has 1 aromatic carbocycles. The Hall–Kier alpha value is -1.44. The predicted octanol–water partition coefficient (Wildman–Crippen LogP) is 2.01. The second-order valence-electron chi connectivity index (χ2n) is 4.64. The largest absolute Gasteiger partial charge is 0.347 e. The molecule has 1 aliphatic rings. The normalized spacial score (nSPS) is 14.4. The Morgan fingerprint density at radius 3 is 2.70 bits per heavy atom. The zero-order chi connectivity index (χ0) is 14.3. The van der Waals surface area contributed by atoms with E-state index >= 15 is 0 Å². The molecule has 0 fully saturated rings. The number of fused-ring (bicyclic) bond motifs is 1. The summed E-state index contributed by atoms with van der Waals surface area (Å²) in [4.78, 5) is 6.16. The van der Waals surface area contributed by atoms with E-state index in [1.54, 1.807) is 12.3 Å². The number of benzene rings is 1. The maximum absolute atomic E-state index is 11.6. The van der Waals surface area contributed by atoms with Gasteiger partial charge in [0.05, 0.1) is 0 Å². The maximum atomic E-state index is 11.6. The minimum atomic E-state index is -3.78. The Bertz CT molecular complexity index is 777. The molecule has 0 bridgehead atoms. The van der Waals surface area contributed by atoms with E-state index in [1.165, 1.54) is 11.6 Å². The van der Waals surface area contributed by atoms with E-state index in [2.05, 4.69) is 20.9 Å². The molecule has 0 unspecified atom stereocenters. The van der Waals surface area contributed by atoms with Crippen LogP contribution in [-0.4, -0.2) is 13.4 Å². The number of halogens is 1. The first kappa shape index (κ1) is 13.5. The minimum absolute atomic E-state index is 0.0619. The van der Waals surface area contributed by atoms with Gasteiger partial charge in [-0.05, 0) is 35.4 Å². The molecule has 7 heteroatoms. The zero-order valence-electron chi connectivity index (χ0n) is 10.5. The first-order chi connectivity index (χ1) is 9.45. The topological polar surface area (TPSA) is 76.3 Å². The van der Waals surface area contributed by atoms with E-state index in [4.69, 9.17) is 5.14 Å². The summed E-state index contributed by atoms with van der Waals surface area (Å²) in [6.45, 7) is 1.25. The van der Waals surface area contributed by atoms with Crippen molar-refractivity contribution in [3.8, 4) is 0 Å². The van der Waals surface area contributed by atoms with Crippen molar-refractivity contribution in [3.05, 3.63) is 52.1 Å². The van der Waals surface area contributed by atoms with E-state index in [0.29, 0.717) is 18.9 Å². The fourth-order valence-electron chi connectivity index (χ4n) is 2.35. The molecule has 1 aliphatic heterocycles. The van der Waals surface area contributed by atoms with E-state index in [-0.39, 0.29) is 4.90 Å². The Morgan fingerprint density at radius 1 is 1.20 bits per heavy atom. The number of pyridine rings is 1. The van der Waals surface area contributed by atoms with E-state index < -0.39 is 10.0 Å². The standard InChI is InChI=1S/C13H12BrN3O2S/c14-11-4-3-9-7-17(8-10(9)6-11)13-12(20(15,18)19)2-1-5-16-13/h1-6H,7-8H2,(H2,15,18,19). The molecular weight excluding hydrogens is 342 g/mol. The molecule has 104 valence electrons. The Kier molecular flexibility index (Phi) is 3.27. The van der Waals surface area contributed by atoms with Crippen LogP contribution in [0.15, 0.2) is 45.9 Å². The first-order valence-electron chi connectivity index (χ1n) is 5.95. The number of rotatable bonds is 2. The number of hydrogen-bond acceptors (Lipinski definition) is 4. The molecule has 3 rings (SSSR count). The van der Waals surface area contributed by atoms with Crippen molar-refractivity contribution >= 4 is 31.8 Å². The lowest BCUT2D eigenvalue weighted by molar-refractivity contribution is 0.596. The molecule has 2 heterocycles. The third-order valence-corrected chi connectivity index (χ3v) is 4.67. The van der Waals surface area contributed by atoms with Gasteiger partial charge in [0.15, 0.2) is 0 Å². The van der Waals surface area contributed by atoms with Crippen molar-refractivity contribution in [2.75, 3.05) is 4.90 Å². The van der Waals surface area contributed by atoms with Gasteiger partial charge in [0.25, 0.3) is 0 Å². The summed E-state index contributed by atoms with van der Waals surface area (Å²) in [6.07, 6.45) is 1.57. The lowest BCUT2D eigenvalue weighted by Crippen LogP contribution is -2.22. The summed E-state index contributed by atoms with van der Waals surface area (Å²) in [5, 5.41) is 5.25. The highest BCUT2D eigenvalue weighted by atomic mass is 79.9. The van der Waals surface area contributed by atoms with Crippen molar-refractivity contribution in [1.82, 2.24) is 4.98 Å². The van der Waals surface area contributed by atoms with Crippen LogP contribution in [0.3, 0.4) is 0 Å². The van der Waals surface area contributed by atoms with Gasteiger partial charge < -0.3 is 4.90 Å². The van der Waals surface area contributed by atoms with Crippen molar-refractivity contribution in [2.24, 2.45) is 5.14 Å². The van der Waals surface area contributed by atoms with Crippen LogP contribution in [0, 0.1) is 0 Å². The van der Waals surface area contributed by atoms with Gasteiger partial charge in [-0.3, -0.25) is 0 Å². The summed E-state index contributed by atoms with van der Waals surface area (Å²) in [5.74, 6) is 0.405. The SMILES string of the molecule is NS(=O)(=O)c1cccnc1N1Cc2ccc(Br)cc2C1. The number of aromatic nitrogens is 1. The molecule has 0 saturated carbocycles.